The van der Waals surface area contributed by atoms with Gasteiger partial charge in [-0.1, -0.05) is 19.9 Å². The summed E-state index contributed by atoms with van der Waals surface area (Å²) in [5.74, 6) is 0.832. The minimum Gasteiger partial charge on any atom is -0.314 e. The average Bonchev–Trinajstić information content (AvgIpc) is 2.78. The van der Waals surface area contributed by atoms with Gasteiger partial charge in [0.1, 0.15) is 0 Å². The molecule has 1 aliphatic carbocycles. The Bertz CT molecular complexity index is 331. The molecule has 0 spiro atoms. The molecule has 2 nitrogen and oxygen atoms in total. The van der Waals surface area contributed by atoms with E-state index in [0.29, 0.717) is 0 Å². The average molecular weight is 232 g/mol. The van der Waals surface area contributed by atoms with Gasteiger partial charge in [0.05, 0.1) is 0 Å². The van der Waals surface area contributed by atoms with Gasteiger partial charge in [-0.15, -0.1) is 0 Å². The molecule has 1 heterocycles. The van der Waals surface area contributed by atoms with Crippen LogP contribution in [-0.2, 0) is 12.8 Å². The van der Waals surface area contributed by atoms with Gasteiger partial charge in [0, 0.05) is 17.9 Å². The normalized spacial score (nSPS) is 24.1. The summed E-state index contributed by atoms with van der Waals surface area (Å²) in [6.45, 7) is 5.47. The molecule has 1 aliphatic rings. The Hall–Kier alpha value is -0.890. The predicted molar refractivity (Wildman–Crippen MR) is 72.1 cm³/mol. The molecule has 94 valence electrons. The van der Waals surface area contributed by atoms with Crippen LogP contribution in [0.2, 0.25) is 0 Å². The number of pyridine rings is 1. The first-order chi connectivity index (χ1) is 8.31. The van der Waals surface area contributed by atoms with Gasteiger partial charge >= 0.3 is 0 Å². The Morgan fingerprint density at radius 3 is 2.82 bits per heavy atom. The molecule has 0 radical (unpaired) electrons. The second-order valence-corrected chi connectivity index (χ2v) is 5.15. The Kier molecular flexibility index (Phi) is 4.55. The molecular formula is C15H24N2. The number of nitrogens with one attached hydrogen (secondary N) is 1. The summed E-state index contributed by atoms with van der Waals surface area (Å²) in [4.78, 5) is 4.56. The number of aryl methyl sites for hydroxylation is 1. The van der Waals surface area contributed by atoms with Crippen LogP contribution >= 0.6 is 0 Å². The quantitative estimate of drug-likeness (QED) is 0.844. The lowest BCUT2D eigenvalue weighted by atomic mass is 10.0. The monoisotopic (exact) mass is 232 g/mol. The van der Waals surface area contributed by atoms with E-state index in [1.807, 2.05) is 6.20 Å². The highest BCUT2D eigenvalue weighted by atomic mass is 14.9. The predicted octanol–water partition coefficient (Wildman–Crippen LogP) is 2.96. The van der Waals surface area contributed by atoms with Gasteiger partial charge in [0.25, 0.3) is 0 Å². The van der Waals surface area contributed by atoms with Crippen molar-refractivity contribution in [2.75, 3.05) is 6.54 Å². The van der Waals surface area contributed by atoms with E-state index in [4.69, 9.17) is 0 Å². The molecular weight excluding hydrogens is 208 g/mol. The van der Waals surface area contributed by atoms with Crippen molar-refractivity contribution in [2.24, 2.45) is 5.92 Å². The van der Waals surface area contributed by atoms with Crippen LogP contribution in [0, 0.1) is 5.92 Å². The summed E-state index contributed by atoms with van der Waals surface area (Å²) in [6.07, 6.45) is 8.29. The van der Waals surface area contributed by atoms with Crippen molar-refractivity contribution in [3.63, 3.8) is 0 Å². The molecule has 0 saturated heterocycles. The van der Waals surface area contributed by atoms with Crippen LogP contribution in [0.3, 0.4) is 0 Å². The Morgan fingerprint density at radius 2 is 2.18 bits per heavy atom. The van der Waals surface area contributed by atoms with E-state index < -0.39 is 0 Å². The van der Waals surface area contributed by atoms with E-state index in [0.717, 1.165) is 31.3 Å². The molecule has 1 aromatic rings. The molecule has 0 aromatic carbocycles. The lowest BCUT2D eigenvalue weighted by molar-refractivity contribution is 0.490. The van der Waals surface area contributed by atoms with Crippen LogP contribution in [-0.4, -0.2) is 17.6 Å². The molecule has 0 amide bonds. The van der Waals surface area contributed by atoms with Crippen molar-refractivity contribution in [2.45, 2.75) is 52.0 Å². The van der Waals surface area contributed by atoms with Crippen LogP contribution in [0.15, 0.2) is 18.3 Å². The third kappa shape index (κ3) is 3.53. The van der Waals surface area contributed by atoms with E-state index in [1.165, 1.54) is 30.5 Å². The van der Waals surface area contributed by atoms with Crippen molar-refractivity contribution in [1.29, 1.82) is 0 Å². The highest BCUT2D eigenvalue weighted by molar-refractivity contribution is 5.14. The van der Waals surface area contributed by atoms with Crippen LogP contribution in [0.25, 0.3) is 0 Å². The third-order valence-electron chi connectivity index (χ3n) is 3.83. The standard InChI is InChI=1S/C15H24N2/c1-3-12-5-7-15(17-11-12)10-13-6-8-14(9-13)16-4-2/h5,7,11,13-14,16H,3-4,6,8-10H2,1-2H3. The van der Waals surface area contributed by atoms with Crippen molar-refractivity contribution in [1.82, 2.24) is 10.3 Å². The van der Waals surface area contributed by atoms with Crippen molar-refractivity contribution >= 4 is 0 Å². The second-order valence-electron chi connectivity index (χ2n) is 5.15. The summed E-state index contributed by atoms with van der Waals surface area (Å²) in [6, 6.07) is 5.18. The first kappa shape index (κ1) is 12.6. The number of aromatic nitrogens is 1. The number of hydrogen-bond donors (Lipinski definition) is 1. The molecule has 2 atom stereocenters. The highest BCUT2D eigenvalue weighted by Gasteiger charge is 2.24. The summed E-state index contributed by atoms with van der Waals surface area (Å²) < 4.78 is 0. The van der Waals surface area contributed by atoms with Gasteiger partial charge in [0.2, 0.25) is 0 Å². The fourth-order valence-corrected chi connectivity index (χ4v) is 2.82. The van der Waals surface area contributed by atoms with Crippen LogP contribution < -0.4 is 5.32 Å². The van der Waals surface area contributed by atoms with E-state index in [-0.39, 0.29) is 0 Å². The molecule has 0 aliphatic heterocycles. The van der Waals surface area contributed by atoms with E-state index in [9.17, 15) is 0 Å². The van der Waals surface area contributed by atoms with E-state index in [1.54, 1.807) is 0 Å². The largest absolute Gasteiger partial charge is 0.314 e. The molecule has 0 bridgehead atoms. The number of hydrogen-bond acceptors (Lipinski definition) is 2. The van der Waals surface area contributed by atoms with Gasteiger partial charge in [-0.05, 0) is 56.2 Å². The van der Waals surface area contributed by atoms with Crippen molar-refractivity contribution < 1.29 is 0 Å². The maximum absolute atomic E-state index is 4.56. The van der Waals surface area contributed by atoms with Crippen LogP contribution in [0.5, 0.6) is 0 Å². The molecule has 17 heavy (non-hydrogen) atoms. The van der Waals surface area contributed by atoms with Gasteiger partial charge in [-0.25, -0.2) is 0 Å². The number of nitrogens with zero attached hydrogens (tertiary/aromatic N) is 1. The van der Waals surface area contributed by atoms with Crippen molar-refractivity contribution in [3.05, 3.63) is 29.6 Å². The summed E-state index contributed by atoms with van der Waals surface area (Å²) in [5, 5.41) is 3.56. The SMILES string of the molecule is CCNC1CCC(Cc2ccc(CC)cn2)C1. The fourth-order valence-electron chi connectivity index (χ4n) is 2.82. The molecule has 2 rings (SSSR count). The summed E-state index contributed by atoms with van der Waals surface area (Å²) in [5.41, 5.74) is 2.61. The Morgan fingerprint density at radius 1 is 1.29 bits per heavy atom. The van der Waals surface area contributed by atoms with E-state index >= 15 is 0 Å². The molecule has 1 N–H and O–H groups in total. The zero-order chi connectivity index (χ0) is 12.1. The smallest absolute Gasteiger partial charge is 0.0406 e. The number of rotatable bonds is 5. The fraction of sp³-hybridized carbons (Fsp3) is 0.667. The Labute approximate surface area is 105 Å². The zero-order valence-electron chi connectivity index (χ0n) is 11.1. The lowest BCUT2D eigenvalue weighted by Gasteiger charge is -2.11. The topological polar surface area (TPSA) is 24.9 Å². The first-order valence-corrected chi connectivity index (χ1v) is 6.99. The van der Waals surface area contributed by atoms with Gasteiger partial charge in [-0.2, -0.15) is 0 Å². The van der Waals surface area contributed by atoms with Gasteiger partial charge < -0.3 is 5.32 Å². The summed E-state index contributed by atoms with van der Waals surface area (Å²) >= 11 is 0. The van der Waals surface area contributed by atoms with Crippen LogP contribution in [0.4, 0.5) is 0 Å². The van der Waals surface area contributed by atoms with Crippen LogP contribution in [0.1, 0.15) is 44.4 Å². The van der Waals surface area contributed by atoms with Gasteiger partial charge in [-0.3, -0.25) is 4.98 Å². The maximum Gasteiger partial charge on any atom is 0.0406 e. The van der Waals surface area contributed by atoms with Crippen molar-refractivity contribution in [3.8, 4) is 0 Å². The minimum absolute atomic E-state index is 0.750. The van der Waals surface area contributed by atoms with Gasteiger partial charge in [0.15, 0.2) is 0 Å². The lowest BCUT2D eigenvalue weighted by Crippen LogP contribution is -2.25. The zero-order valence-corrected chi connectivity index (χ0v) is 11.1. The molecule has 1 saturated carbocycles. The maximum atomic E-state index is 4.56. The second kappa shape index (κ2) is 6.15. The summed E-state index contributed by atoms with van der Waals surface area (Å²) in [7, 11) is 0. The first-order valence-electron chi connectivity index (χ1n) is 6.99. The molecule has 1 aromatic heterocycles. The minimum atomic E-state index is 0.750. The molecule has 2 heteroatoms. The van der Waals surface area contributed by atoms with E-state index in [2.05, 4.69) is 36.3 Å². The molecule has 1 fully saturated rings. The third-order valence-corrected chi connectivity index (χ3v) is 3.83. The molecule has 2 unspecified atom stereocenters. The highest BCUT2D eigenvalue weighted by Crippen LogP contribution is 2.28. The Balaban J connectivity index is 1.84.